The average molecular weight is 310 g/mol. The van der Waals surface area contributed by atoms with Gasteiger partial charge in [0.15, 0.2) is 0 Å². The molecule has 2 unspecified atom stereocenters. The Kier molecular flexibility index (Phi) is 5.92. The molecule has 4 heteroatoms. The average Bonchev–Trinajstić information content (AvgIpc) is 2.47. The number of halogens is 1. The molecule has 1 fully saturated rings. The maximum absolute atomic E-state index is 12.2. The molecular weight excluding hydrogens is 286 g/mol. The van der Waals surface area contributed by atoms with Gasteiger partial charge in [-0.3, -0.25) is 4.79 Å². The van der Waals surface area contributed by atoms with Crippen LogP contribution < -0.4 is 4.74 Å². The molecule has 0 N–H and O–H groups in total. The van der Waals surface area contributed by atoms with Gasteiger partial charge in [-0.05, 0) is 37.5 Å². The molecule has 1 aliphatic rings. The minimum Gasteiger partial charge on any atom is -0.493 e. The quantitative estimate of drug-likeness (QED) is 0.775. The van der Waals surface area contributed by atoms with Crippen LogP contribution in [0.25, 0.3) is 0 Å². The summed E-state index contributed by atoms with van der Waals surface area (Å²) in [6.07, 6.45) is 4.73. The summed E-state index contributed by atoms with van der Waals surface area (Å²) in [6.45, 7) is 2.43. The summed E-state index contributed by atoms with van der Waals surface area (Å²) in [6, 6.07) is 8.04. The Hall–Kier alpha value is -1.22. The van der Waals surface area contributed by atoms with Crippen molar-refractivity contribution in [1.82, 2.24) is 4.90 Å². The van der Waals surface area contributed by atoms with Crippen LogP contribution in [0.4, 0.5) is 0 Å². The van der Waals surface area contributed by atoms with Crippen molar-refractivity contribution in [1.29, 1.82) is 0 Å². The van der Waals surface area contributed by atoms with Crippen molar-refractivity contribution >= 4 is 17.5 Å². The monoisotopic (exact) mass is 309 g/mol. The van der Waals surface area contributed by atoms with Gasteiger partial charge >= 0.3 is 0 Å². The molecule has 2 atom stereocenters. The smallest absolute Gasteiger partial charge is 0.226 e. The highest BCUT2D eigenvalue weighted by molar-refractivity contribution is 6.21. The fourth-order valence-electron chi connectivity index (χ4n) is 2.82. The normalized spacial score (nSPS) is 21.9. The number of carbonyl (C=O) groups is 1. The summed E-state index contributed by atoms with van der Waals surface area (Å²) >= 11 is 6.34. The number of ether oxygens (including phenoxy) is 1. The van der Waals surface area contributed by atoms with E-state index in [2.05, 4.69) is 0 Å². The van der Waals surface area contributed by atoms with Crippen LogP contribution in [0.3, 0.4) is 0 Å². The summed E-state index contributed by atoms with van der Waals surface area (Å²) < 4.78 is 5.64. The van der Waals surface area contributed by atoms with Gasteiger partial charge in [-0.15, -0.1) is 11.6 Å². The lowest BCUT2D eigenvalue weighted by Gasteiger charge is -2.35. The first-order chi connectivity index (χ1) is 10.1. The van der Waals surface area contributed by atoms with E-state index in [0.717, 1.165) is 30.6 Å². The van der Waals surface area contributed by atoms with E-state index in [-0.39, 0.29) is 17.3 Å². The van der Waals surface area contributed by atoms with Gasteiger partial charge in [-0.25, -0.2) is 0 Å². The number of nitrogens with zero attached hydrogens (tertiary/aromatic N) is 1. The van der Waals surface area contributed by atoms with Crippen LogP contribution in [0.2, 0.25) is 0 Å². The van der Waals surface area contributed by atoms with E-state index < -0.39 is 0 Å². The fourth-order valence-corrected chi connectivity index (χ4v) is 3.27. The number of rotatable bonds is 5. The molecule has 0 heterocycles. The Balaban J connectivity index is 1.78. The number of hydrogen-bond donors (Lipinski definition) is 0. The van der Waals surface area contributed by atoms with Crippen LogP contribution in [0.5, 0.6) is 5.75 Å². The molecule has 0 spiro atoms. The standard InChI is InChI=1S/C17H24ClNO2/c1-13-6-5-7-14(12-13)21-11-10-17(20)19(2)16-9-4-3-8-15(16)18/h5-7,12,15-16H,3-4,8-11H2,1-2H3. The lowest BCUT2D eigenvalue weighted by atomic mass is 9.94. The van der Waals surface area contributed by atoms with Crippen molar-refractivity contribution < 1.29 is 9.53 Å². The first kappa shape index (κ1) is 16.2. The summed E-state index contributed by atoms with van der Waals surface area (Å²) in [7, 11) is 1.86. The van der Waals surface area contributed by atoms with Crippen LogP contribution >= 0.6 is 11.6 Å². The minimum absolute atomic E-state index is 0.0883. The van der Waals surface area contributed by atoms with E-state index in [1.165, 1.54) is 6.42 Å². The molecule has 2 rings (SSSR count). The maximum Gasteiger partial charge on any atom is 0.226 e. The van der Waals surface area contributed by atoms with Gasteiger partial charge in [-0.2, -0.15) is 0 Å². The van der Waals surface area contributed by atoms with Gasteiger partial charge in [0.1, 0.15) is 5.75 Å². The van der Waals surface area contributed by atoms with Gasteiger partial charge < -0.3 is 9.64 Å². The molecule has 0 aromatic heterocycles. The molecule has 0 bridgehead atoms. The van der Waals surface area contributed by atoms with Crippen molar-refractivity contribution in [2.24, 2.45) is 0 Å². The number of amides is 1. The van der Waals surface area contributed by atoms with Crippen molar-refractivity contribution in [3.63, 3.8) is 0 Å². The second kappa shape index (κ2) is 7.69. The largest absolute Gasteiger partial charge is 0.493 e. The van der Waals surface area contributed by atoms with Gasteiger partial charge in [-0.1, -0.05) is 25.0 Å². The highest BCUT2D eigenvalue weighted by Gasteiger charge is 2.29. The molecule has 1 aromatic rings. The zero-order valence-electron chi connectivity index (χ0n) is 12.8. The third kappa shape index (κ3) is 4.63. The van der Waals surface area contributed by atoms with Gasteiger partial charge in [0, 0.05) is 13.1 Å². The van der Waals surface area contributed by atoms with Crippen molar-refractivity contribution in [3.05, 3.63) is 29.8 Å². The van der Waals surface area contributed by atoms with Crippen LogP contribution in [0.15, 0.2) is 24.3 Å². The van der Waals surface area contributed by atoms with E-state index in [4.69, 9.17) is 16.3 Å². The zero-order chi connectivity index (χ0) is 15.2. The number of benzene rings is 1. The van der Waals surface area contributed by atoms with Crippen molar-refractivity contribution in [2.45, 2.75) is 50.4 Å². The first-order valence-corrected chi connectivity index (χ1v) is 8.11. The van der Waals surface area contributed by atoms with Crippen molar-refractivity contribution in [3.8, 4) is 5.75 Å². The minimum atomic E-state index is 0.0883. The third-order valence-electron chi connectivity index (χ3n) is 4.11. The van der Waals surface area contributed by atoms with Gasteiger partial charge in [0.05, 0.1) is 18.4 Å². The van der Waals surface area contributed by atoms with Crippen molar-refractivity contribution in [2.75, 3.05) is 13.7 Å². The molecule has 21 heavy (non-hydrogen) atoms. The third-order valence-corrected chi connectivity index (χ3v) is 4.62. The number of aryl methyl sites for hydroxylation is 1. The Morgan fingerprint density at radius 2 is 2.14 bits per heavy atom. The molecule has 3 nitrogen and oxygen atoms in total. The Labute approximate surface area is 132 Å². The van der Waals surface area contributed by atoms with E-state index in [9.17, 15) is 4.79 Å². The Morgan fingerprint density at radius 3 is 2.86 bits per heavy atom. The van der Waals surface area contributed by atoms with Crippen LogP contribution in [0, 0.1) is 6.92 Å². The van der Waals surface area contributed by atoms with Gasteiger partial charge in [0.25, 0.3) is 0 Å². The topological polar surface area (TPSA) is 29.5 Å². The summed E-state index contributed by atoms with van der Waals surface area (Å²) in [4.78, 5) is 14.0. The molecule has 1 saturated carbocycles. The molecule has 0 aliphatic heterocycles. The van der Waals surface area contributed by atoms with E-state index in [1.807, 2.05) is 43.1 Å². The van der Waals surface area contributed by atoms with Crippen LogP contribution in [-0.2, 0) is 4.79 Å². The number of hydrogen-bond acceptors (Lipinski definition) is 2. The summed E-state index contributed by atoms with van der Waals surface area (Å²) in [5.74, 6) is 0.929. The van der Waals surface area contributed by atoms with Crippen LogP contribution in [0.1, 0.15) is 37.7 Å². The van der Waals surface area contributed by atoms with Gasteiger partial charge in [0.2, 0.25) is 5.91 Å². The van der Waals surface area contributed by atoms with E-state index in [0.29, 0.717) is 13.0 Å². The van der Waals surface area contributed by atoms with Crippen LogP contribution in [-0.4, -0.2) is 35.9 Å². The lowest BCUT2D eigenvalue weighted by Crippen LogP contribution is -2.44. The van der Waals surface area contributed by atoms with E-state index >= 15 is 0 Å². The molecule has 0 saturated heterocycles. The molecule has 1 amide bonds. The summed E-state index contributed by atoms with van der Waals surface area (Å²) in [5, 5.41) is 0.0883. The fraction of sp³-hybridized carbons (Fsp3) is 0.588. The highest BCUT2D eigenvalue weighted by atomic mass is 35.5. The molecule has 116 valence electrons. The first-order valence-electron chi connectivity index (χ1n) is 7.67. The molecule has 0 radical (unpaired) electrons. The SMILES string of the molecule is Cc1cccc(OCCC(=O)N(C)C2CCCCC2Cl)c1. The lowest BCUT2D eigenvalue weighted by molar-refractivity contribution is -0.133. The molecule has 1 aliphatic carbocycles. The predicted molar refractivity (Wildman–Crippen MR) is 86.0 cm³/mol. The second-order valence-corrected chi connectivity index (χ2v) is 6.35. The number of alkyl halides is 1. The highest BCUT2D eigenvalue weighted by Crippen LogP contribution is 2.26. The Bertz CT molecular complexity index is 478. The Morgan fingerprint density at radius 1 is 1.38 bits per heavy atom. The predicted octanol–water partition coefficient (Wildman–Crippen LogP) is 3.77. The van der Waals surface area contributed by atoms with E-state index in [1.54, 1.807) is 0 Å². The molecule has 1 aromatic carbocycles. The summed E-state index contributed by atoms with van der Waals surface area (Å²) in [5.41, 5.74) is 1.16. The molecular formula is C17H24ClNO2. The second-order valence-electron chi connectivity index (χ2n) is 5.79. The maximum atomic E-state index is 12.2. The zero-order valence-corrected chi connectivity index (χ0v) is 13.6. The number of carbonyl (C=O) groups excluding carboxylic acids is 1.